The van der Waals surface area contributed by atoms with Gasteiger partial charge in [-0.05, 0) is 39.8 Å². The van der Waals surface area contributed by atoms with Crippen LogP contribution in [-0.4, -0.2) is 25.4 Å². The van der Waals surface area contributed by atoms with Gasteiger partial charge in [0.2, 0.25) is 0 Å². The molecule has 3 N–H and O–H groups in total. The SMILES string of the molecule is CN[C@@H](CCCCN)CCC(C)=O. The van der Waals surface area contributed by atoms with E-state index in [0.717, 1.165) is 32.2 Å². The van der Waals surface area contributed by atoms with Gasteiger partial charge >= 0.3 is 0 Å². The first kappa shape index (κ1) is 12.6. The van der Waals surface area contributed by atoms with E-state index in [1.165, 1.54) is 0 Å². The summed E-state index contributed by atoms with van der Waals surface area (Å²) in [7, 11) is 1.95. The molecule has 0 fully saturated rings. The Kier molecular flexibility index (Phi) is 7.94. The van der Waals surface area contributed by atoms with Gasteiger partial charge in [-0.3, -0.25) is 0 Å². The fourth-order valence-electron chi connectivity index (χ4n) is 1.35. The van der Waals surface area contributed by atoms with E-state index in [0.29, 0.717) is 12.5 Å². The number of carbonyl (C=O) groups excluding carboxylic acids is 1. The van der Waals surface area contributed by atoms with E-state index < -0.39 is 0 Å². The third-order valence-corrected chi connectivity index (χ3v) is 2.26. The van der Waals surface area contributed by atoms with Crippen molar-refractivity contribution in [1.82, 2.24) is 5.32 Å². The molecule has 78 valence electrons. The Balaban J connectivity index is 3.45. The first-order valence-electron chi connectivity index (χ1n) is 5.07. The van der Waals surface area contributed by atoms with Gasteiger partial charge in [-0.1, -0.05) is 6.42 Å². The van der Waals surface area contributed by atoms with Gasteiger partial charge in [0.05, 0.1) is 0 Å². The molecule has 1 atom stereocenters. The highest BCUT2D eigenvalue weighted by Crippen LogP contribution is 2.06. The van der Waals surface area contributed by atoms with Crippen LogP contribution in [0.15, 0.2) is 0 Å². The summed E-state index contributed by atoms with van der Waals surface area (Å²) < 4.78 is 0. The molecule has 0 heterocycles. The average molecular weight is 186 g/mol. The van der Waals surface area contributed by atoms with Crippen LogP contribution in [0.4, 0.5) is 0 Å². The summed E-state index contributed by atoms with van der Waals surface area (Å²) in [6, 6.07) is 0.482. The second-order valence-electron chi connectivity index (χ2n) is 3.51. The van der Waals surface area contributed by atoms with Crippen molar-refractivity contribution in [2.24, 2.45) is 5.73 Å². The topological polar surface area (TPSA) is 55.1 Å². The Labute approximate surface area is 81.1 Å². The molecule has 0 rings (SSSR count). The summed E-state index contributed by atoms with van der Waals surface area (Å²) in [6.45, 7) is 2.41. The molecular weight excluding hydrogens is 164 g/mol. The molecule has 0 aromatic heterocycles. The minimum atomic E-state index is 0.277. The number of hydrogen-bond donors (Lipinski definition) is 2. The number of rotatable bonds is 8. The van der Waals surface area contributed by atoms with Crippen molar-refractivity contribution >= 4 is 5.78 Å². The first-order chi connectivity index (χ1) is 6.20. The predicted molar refractivity (Wildman–Crippen MR) is 55.7 cm³/mol. The van der Waals surface area contributed by atoms with Crippen LogP contribution in [0, 0.1) is 0 Å². The molecule has 0 aliphatic rings. The Morgan fingerprint density at radius 3 is 2.54 bits per heavy atom. The molecule has 0 aliphatic heterocycles. The van der Waals surface area contributed by atoms with Gasteiger partial charge in [0, 0.05) is 12.5 Å². The maximum absolute atomic E-state index is 10.7. The minimum Gasteiger partial charge on any atom is -0.330 e. The van der Waals surface area contributed by atoms with Crippen LogP contribution in [-0.2, 0) is 4.79 Å². The molecule has 0 saturated carbocycles. The van der Waals surface area contributed by atoms with Gasteiger partial charge < -0.3 is 15.8 Å². The lowest BCUT2D eigenvalue weighted by Gasteiger charge is -2.14. The molecule has 0 radical (unpaired) electrons. The van der Waals surface area contributed by atoms with Crippen LogP contribution in [0.25, 0.3) is 0 Å². The third-order valence-electron chi connectivity index (χ3n) is 2.26. The van der Waals surface area contributed by atoms with Gasteiger partial charge in [0.1, 0.15) is 5.78 Å². The maximum atomic E-state index is 10.7. The van der Waals surface area contributed by atoms with Crippen LogP contribution >= 0.6 is 0 Å². The van der Waals surface area contributed by atoms with Crippen molar-refractivity contribution in [1.29, 1.82) is 0 Å². The second kappa shape index (κ2) is 8.20. The monoisotopic (exact) mass is 186 g/mol. The minimum absolute atomic E-state index is 0.277. The zero-order valence-corrected chi connectivity index (χ0v) is 8.81. The molecule has 0 unspecified atom stereocenters. The standard InChI is InChI=1S/C10H22N2O/c1-9(13)6-7-10(12-2)5-3-4-8-11/h10,12H,3-8,11H2,1-2H3/t10-/m0/s1. The quantitative estimate of drug-likeness (QED) is 0.558. The number of carbonyl (C=O) groups is 1. The third kappa shape index (κ3) is 7.94. The Bertz CT molecular complexity index is 137. The van der Waals surface area contributed by atoms with E-state index >= 15 is 0 Å². The molecule has 0 aromatic rings. The number of Topliss-reactive ketones (excluding diaryl/α,β-unsaturated/α-hetero) is 1. The fourth-order valence-corrected chi connectivity index (χ4v) is 1.35. The largest absolute Gasteiger partial charge is 0.330 e. The molecule has 13 heavy (non-hydrogen) atoms. The number of nitrogens with two attached hydrogens (primary N) is 1. The summed E-state index contributed by atoms with van der Waals surface area (Å²) in [5.41, 5.74) is 5.40. The van der Waals surface area contributed by atoms with Crippen molar-refractivity contribution in [3.8, 4) is 0 Å². The van der Waals surface area contributed by atoms with Crippen molar-refractivity contribution in [3.63, 3.8) is 0 Å². The summed E-state index contributed by atoms with van der Waals surface area (Å²) in [5.74, 6) is 0.277. The van der Waals surface area contributed by atoms with Crippen LogP contribution in [0.5, 0.6) is 0 Å². The number of hydrogen-bond acceptors (Lipinski definition) is 3. The lowest BCUT2D eigenvalue weighted by Crippen LogP contribution is -2.25. The first-order valence-corrected chi connectivity index (χ1v) is 5.07. The lowest BCUT2D eigenvalue weighted by molar-refractivity contribution is -0.117. The molecule has 3 heteroatoms. The summed E-state index contributed by atoms with van der Waals surface area (Å²) >= 11 is 0. The maximum Gasteiger partial charge on any atom is 0.129 e. The Hall–Kier alpha value is -0.410. The van der Waals surface area contributed by atoms with Crippen molar-refractivity contribution in [2.45, 2.75) is 45.1 Å². The molecule has 0 amide bonds. The lowest BCUT2D eigenvalue weighted by atomic mass is 10.0. The highest BCUT2D eigenvalue weighted by molar-refractivity contribution is 5.75. The van der Waals surface area contributed by atoms with Gasteiger partial charge in [0.15, 0.2) is 0 Å². The van der Waals surface area contributed by atoms with Crippen LogP contribution in [0.1, 0.15) is 39.0 Å². The summed E-state index contributed by atoms with van der Waals surface area (Å²) in [5, 5.41) is 3.22. The molecule has 0 bridgehead atoms. The van der Waals surface area contributed by atoms with E-state index in [1.807, 2.05) is 7.05 Å². The number of unbranched alkanes of at least 4 members (excludes halogenated alkanes) is 1. The van der Waals surface area contributed by atoms with Crippen molar-refractivity contribution in [2.75, 3.05) is 13.6 Å². The van der Waals surface area contributed by atoms with E-state index in [1.54, 1.807) is 6.92 Å². The normalized spacial score (nSPS) is 12.8. The zero-order valence-electron chi connectivity index (χ0n) is 8.81. The van der Waals surface area contributed by atoms with E-state index in [9.17, 15) is 4.79 Å². The van der Waals surface area contributed by atoms with Gasteiger partial charge in [-0.15, -0.1) is 0 Å². The second-order valence-corrected chi connectivity index (χ2v) is 3.51. The van der Waals surface area contributed by atoms with Crippen LogP contribution in [0.3, 0.4) is 0 Å². The highest BCUT2D eigenvalue weighted by Gasteiger charge is 2.06. The molecule has 0 aliphatic carbocycles. The summed E-state index contributed by atoms with van der Waals surface area (Å²) in [6.07, 6.45) is 5.00. The average Bonchev–Trinajstić information content (AvgIpc) is 2.10. The van der Waals surface area contributed by atoms with E-state index in [2.05, 4.69) is 5.32 Å². The van der Waals surface area contributed by atoms with Gasteiger partial charge in [0.25, 0.3) is 0 Å². The van der Waals surface area contributed by atoms with Gasteiger partial charge in [-0.2, -0.15) is 0 Å². The highest BCUT2D eigenvalue weighted by atomic mass is 16.1. The fraction of sp³-hybridized carbons (Fsp3) is 0.900. The summed E-state index contributed by atoms with van der Waals surface area (Å²) in [4.78, 5) is 10.7. The number of nitrogens with one attached hydrogen (secondary N) is 1. The van der Waals surface area contributed by atoms with Crippen molar-refractivity contribution in [3.05, 3.63) is 0 Å². The zero-order chi connectivity index (χ0) is 10.1. The molecular formula is C10H22N2O. The van der Waals surface area contributed by atoms with Crippen molar-refractivity contribution < 1.29 is 4.79 Å². The number of ketones is 1. The van der Waals surface area contributed by atoms with Gasteiger partial charge in [-0.25, -0.2) is 0 Å². The molecule has 0 aromatic carbocycles. The van der Waals surface area contributed by atoms with Crippen LogP contribution in [0.2, 0.25) is 0 Å². The Morgan fingerprint density at radius 2 is 2.08 bits per heavy atom. The van der Waals surface area contributed by atoms with Crippen LogP contribution < -0.4 is 11.1 Å². The Morgan fingerprint density at radius 1 is 1.38 bits per heavy atom. The molecule has 3 nitrogen and oxygen atoms in total. The molecule has 0 saturated heterocycles. The van der Waals surface area contributed by atoms with E-state index in [-0.39, 0.29) is 5.78 Å². The smallest absolute Gasteiger partial charge is 0.129 e. The molecule has 0 spiro atoms. The van der Waals surface area contributed by atoms with E-state index in [4.69, 9.17) is 5.73 Å². The predicted octanol–water partition coefficient (Wildman–Crippen LogP) is 1.07.